The maximum absolute atomic E-state index is 12.8. The molecule has 1 amide bonds. The molecule has 1 aliphatic rings. The van der Waals surface area contributed by atoms with Crippen LogP contribution in [0.5, 0.6) is 5.75 Å². The Hall–Kier alpha value is -2.60. The van der Waals surface area contributed by atoms with Gasteiger partial charge in [-0.1, -0.05) is 6.07 Å². The Morgan fingerprint density at radius 1 is 1.36 bits per heavy atom. The van der Waals surface area contributed by atoms with E-state index in [2.05, 4.69) is 10.3 Å². The van der Waals surface area contributed by atoms with Gasteiger partial charge in [-0.05, 0) is 37.3 Å². The van der Waals surface area contributed by atoms with Crippen LogP contribution < -0.4 is 10.1 Å². The van der Waals surface area contributed by atoms with Gasteiger partial charge >= 0.3 is 0 Å². The fraction of sp³-hybridized carbons (Fsp3) is 0.368. The first-order valence-corrected chi connectivity index (χ1v) is 8.32. The van der Waals surface area contributed by atoms with Gasteiger partial charge in [-0.15, -0.1) is 0 Å². The van der Waals surface area contributed by atoms with Crippen LogP contribution in [0, 0.1) is 6.92 Å². The summed E-state index contributed by atoms with van der Waals surface area (Å²) < 4.78 is 11.1. The summed E-state index contributed by atoms with van der Waals surface area (Å²) in [5, 5.41) is 3.13. The number of benzene rings is 1. The number of ether oxygens (including phenoxy) is 2. The highest BCUT2D eigenvalue weighted by Crippen LogP contribution is 2.25. The molecule has 1 aromatic heterocycles. The van der Waals surface area contributed by atoms with Crippen molar-refractivity contribution in [2.24, 2.45) is 0 Å². The second-order valence-corrected chi connectivity index (χ2v) is 6.01. The highest BCUT2D eigenvalue weighted by Gasteiger charge is 2.27. The van der Waals surface area contributed by atoms with Crippen LogP contribution in [0.4, 0.5) is 5.69 Å². The number of methoxy groups -OCH3 is 1. The number of aryl methyl sites for hydroxylation is 1. The molecular formula is C19H23N3O3. The summed E-state index contributed by atoms with van der Waals surface area (Å²) >= 11 is 0. The predicted molar refractivity (Wildman–Crippen MR) is 96.1 cm³/mol. The number of carbonyl (C=O) groups excluding carboxylic acids is 1. The van der Waals surface area contributed by atoms with Crippen LogP contribution in [0.3, 0.4) is 0 Å². The number of nitrogens with one attached hydrogen (secondary N) is 1. The zero-order valence-electron chi connectivity index (χ0n) is 14.8. The highest BCUT2D eigenvalue weighted by molar-refractivity contribution is 5.94. The van der Waals surface area contributed by atoms with Crippen molar-refractivity contribution in [3.05, 3.63) is 53.3 Å². The van der Waals surface area contributed by atoms with Crippen LogP contribution >= 0.6 is 0 Å². The summed E-state index contributed by atoms with van der Waals surface area (Å²) in [6.07, 6.45) is -0.227. The number of amides is 1. The lowest BCUT2D eigenvalue weighted by Crippen LogP contribution is -2.42. The Morgan fingerprint density at radius 2 is 2.20 bits per heavy atom. The lowest BCUT2D eigenvalue weighted by atomic mass is 10.1. The lowest BCUT2D eigenvalue weighted by Gasteiger charge is -2.33. The van der Waals surface area contributed by atoms with E-state index in [0.717, 1.165) is 17.1 Å². The molecule has 1 atom stereocenters. The Kier molecular flexibility index (Phi) is 5.19. The van der Waals surface area contributed by atoms with Crippen molar-refractivity contribution in [3.63, 3.8) is 0 Å². The van der Waals surface area contributed by atoms with Crippen molar-refractivity contribution in [3.8, 4) is 5.75 Å². The number of pyridine rings is 1. The van der Waals surface area contributed by atoms with Gasteiger partial charge in [0.05, 0.1) is 26.0 Å². The summed E-state index contributed by atoms with van der Waals surface area (Å²) in [5.41, 5.74) is 3.37. The smallest absolute Gasteiger partial charge is 0.254 e. The van der Waals surface area contributed by atoms with Crippen LogP contribution in [0.2, 0.25) is 0 Å². The molecule has 1 aromatic carbocycles. The summed E-state index contributed by atoms with van der Waals surface area (Å²) in [4.78, 5) is 19.2. The topological polar surface area (TPSA) is 63.7 Å². The van der Waals surface area contributed by atoms with E-state index in [1.165, 1.54) is 0 Å². The minimum atomic E-state index is -0.227. The Bertz CT molecular complexity index is 763. The van der Waals surface area contributed by atoms with Gasteiger partial charge in [0.2, 0.25) is 0 Å². The predicted octanol–water partition coefficient (Wildman–Crippen LogP) is 2.65. The number of carbonyl (C=O) groups is 1. The van der Waals surface area contributed by atoms with Crippen LogP contribution in [0.1, 0.15) is 27.8 Å². The van der Waals surface area contributed by atoms with Crippen LogP contribution in [-0.2, 0) is 4.74 Å². The molecule has 2 heterocycles. The third-order valence-corrected chi connectivity index (χ3v) is 4.26. The molecule has 1 fully saturated rings. The zero-order valence-corrected chi connectivity index (χ0v) is 14.8. The summed E-state index contributed by atoms with van der Waals surface area (Å²) in [5.74, 6) is 0.656. The third-order valence-electron chi connectivity index (χ3n) is 4.26. The zero-order chi connectivity index (χ0) is 17.8. The van der Waals surface area contributed by atoms with Crippen LogP contribution in [0.15, 0.2) is 36.4 Å². The quantitative estimate of drug-likeness (QED) is 0.926. The number of hydrogen-bond donors (Lipinski definition) is 1. The molecule has 1 aliphatic heterocycles. The SMILES string of the molecule is CNc1cc(C)nc([C@H]2CN(C(=O)c3cccc(OC)c3)CCO2)c1. The molecule has 1 N–H and O–H groups in total. The summed E-state index contributed by atoms with van der Waals surface area (Å²) in [6.45, 7) is 3.49. The fourth-order valence-corrected chi connectivity index (χ4v) is 2.95. The minimum absolute atomic E-state index is 0.0197. The molecule has 0 aliphatic carbocycles. The molecule has 25 heavy (non-hydrogen) atoms. The van der Waals surface area contributed by atoms with Gasteiger partial charge in [0.15, 0.2) is 0 Å². The molecule has 1 saturated heterocycles. The van der Waals surface area contributed by atoms with Gasteiger partial charge in [-0.2, -0.15) is 0 Å². The van der Waals surface area contributed by atoms with Crippen molar-refractivity contribution >= 4 is 11.6 Å². The third kappa shape index (κ3) is 3.91. The van der Waals surface area contributed by atoms with Gasteiger partial charge in [-0.3, -0.25) is 9.78 Å². The number of rotatable bonds is 4. The molecule has 2 aromatic rings. The normalized spacial score (nSPS) is 17.2. The van der Waals surface area contributed by atoms with E-state index in [1.807, 2.05) is 43.1 Å². The van der Waals surface area contributed by atoms with Gasteiger partial charge < -0.3 is 19.7 Å². The summed E-state index contributed by atoms with van der Waals surface area (Å²) in [7, 11) is 3.47. The van der Waals surface area contributed by atoms with E-state index in [-0.39, 0.29) is 12.0 Å². The minimum Gasteiger partial charge on any atom is -0.497 e. The number of aromatic nitrogens is 1. The van der Waals surface area contributed by atoms with Crippen molar-refractivity contribution < 1.29 is 14.3 Å². The molecule has 0 bridgehead atoms. The first kappa shape index (κ1) is 17.2. The lowest BCUT2D eigenvalue weighted by molar-refractivity contribution is -0.0247. The first-order chi connectivity index (χ1) is 12.1. The molecule has 6 heteroatoms. The van der Waals surface area contributed by atoms with E-state index < -0.39 is 0 Å². The molecule has 0 spiro atoms. The fourth-order valence-electron chi connectivity index (χ4n) is 2.95. The molecule has 0 saturated carbocycles. The van der Waals surface area contributed by atoms with E-state index in [0.29, 0.717) is 31.0 Å². The second-order valence-electron chi connectivity index (χ2n) is 6.01. The number of anilines is 1. The largest absolute Gasteiger partial charge is 0.497 e. The van der Waals surface area contributed by atoms with E-state index in [1.54, 1.807) is 19.2 Å². The summed E-state index contributed by atoms with van der Waals surface area (Å²) in [6, 6.07) is 11.2. The molecule has 6 nitrogen and oxygen atoms in total. The van der Waals surface area contributed by atoms with Crippen LogP contribution in [-0.4, -0.2) is 49.6 Å². The van der Waals surface area contributed by atoms with E-state index in [9.17, 15) is 4.79 Å². The monoisotopic (exact) mass is 341 g/mol. The molecule has 0 unspecified atom stereocenters. The Labute approximate surface area is 147 Å². The van der Waals surface area contributed by atoms with Crippen molar-refractivity contribution in [1.82, 2.24) is 9.88 Å². The number of hydrogen-bond acceptors (Lipinski definition) is 5. The second kappa shape index (κ2) is 7.53. The van der Waals surface area contributed by atoms with E-state index in [4.69, 9.17) is 9.47 Å². The Balaban J connectivity index is 1.78. The average molecular weight is 341 g/mol. The van der Waals surface area contributed by atoms with Gasteiger partial charge in [-0.25, -0.2) is 0 Å². The molecular weight excluding hydrogens is 318 g/mol. The van der Waals surface area contributed by atoms with Crippen molar-refractivity contribution in [2.75, 3.05) is 39.2 Å². The molecule has 0 radical (unpaired) electrons. The first-order valence-electron chi connectivity index (χ1n) is 8.32. The van der Waals surface area contributed by atoms with Gasteiger partial charge in [0.1, 0.15) is 11.9 Å². The maximum atomic E-state index is 12.8. The van der Waals surface area contributed by atoms with Gasteiger partial charge in [0.25, 0.3) is 5.91 Å². The highest BCUT2D eigenvalue weighted by atomic mass is 16.5. The maximum Gasteiger partial charge on any atom is 0.254 e. The van der Waals surface area contributed by atoms with E-state index >= 15 is 0 Å². The average Bonchev–Trinajstić information content (AvgIpc) is 2.67. The number of nitrogens with zero attached hydrogens (tertiary/aromatic N) is 2. The standard InChI is InChI=1S/C19H23N3O3/c1-13-9-15(20-2)11-17(21-13)18-12-22(7-8-25-18)19(23)14-5-4-6-16(10-14)24-3/h4-6,9-11,18H,7-8,12H2,1-3H3,(H,20,21)/t18-/m1/s1. The molecule has 132 valence electrons. The van der Waals surface area contributed by atoms with Gasteiger partial charge in [0, 0.05) is 30.5 Å². The molecule has 3 rings (SSSR count). The van der Waals surface area contributed by atoms with Crippen LogP contribution in [0.25, 0.3) is 0 Å². The van der Waals surface area contributed by atoms with Crippen molar-refractivity contribution in [1.29, 1.82) is 0 Å². The number of morpholine rings is 1. The van der Waals surface area contributed by atoms with Crippen molar-refractivity contribution in [2.45, 2.75) is 13.0 Å². The Morgan fingerprint density at radius 3 is 2.96 bits per heavy atom.